The Bertz CT molecular complexity index is 543. The minimum Gasteiger partial charge on any atom is -0.355 e. The molecule has 118 valence electrons. The van der Waals surface area contributed by atoms with Crippen LogP contribution in [0.15, 0.2) is 17.2 Å². The van der Waals surface area contributed by atoms with Crippen LogP contribution >= 0.6 is 0 Å². The van der Waals surface area contributed by atoms with E-state index in [4.69, 9.17) is 0 Å². The maximum Gasteiger partial charge on any atom is 0.401 e. The first kappa shape index (κ1) is 15.8. The van der Waals surface area contributed by atoms with E-state index in [-0.39, 0.29) is 11.5 Å². The Kier molecular flexibility index (Phi) is 4.55. The van der Waals surface area contributed by atoms with Gasteiger partial charge in [-0.1, -0.05) is 6.92 Å². The third kappa shape index (κ3) is 4.45. The van der Waals surface area contributed by atoms with Gasteiger partial charge in [0.25, 0.3) is 5.56 Å². The second-order valence-electron chi connectivity index (χ2n) is 5.60. The Balaban J connectivity index is 2.10. The lowest BCUT2D eigenvalue weighted by Crippen LogP contribution is -2.38. The molecule has 1 unspecified atom stereocenters. The third-order valence-corrected chi connectivity index (χ3v) is 3.48. The molecular formula is C13H19F3N4O. The molecule has 2 rings (SSSR count). The summed E-state index contributed by atoms with van der Waals surface area (Å²) in [6.07, 6.45) is -2.75. The molecule has 0 amide bonds. The minimum atomic E-state index is -4.18. The Morgan fingerprint density at radius 1 is 1.33 bits per heavy atom. The van der Waals surface area contributed by atoms with Crippen molar-refractivity contribution in [2.45, 2.75) is 13.1 Å². The number of nitrogens with zero attached hydrogens (tertiary/aromatic N) is 4. The van der Waals surface area contributed by atoms with Gasteiger partial charge in [-0.2, -0.15) is 13.2 Å². The lowest BCUT2D eigenvalue weighted by atomic mass is 10.1. The van der Waals surface area contributed by atoms with Gasteiger partial charge in [-0.3, -0.25) is 9.69 Å². The Hall–Kier alpha value is -1.57. The number of halogens is 3. The normalized spacial score (nSPS) is 21.4. The fourth-order valence-corrected chi connectivity index (χ4v) is 2.55. The predicted molar refractivity (Wildman–Crippen MR) is 73.4 cm³/mol. The average molecular weight is 304 g/mol. The number of hydrogen-bond donors (Lipinski definition) is 0. The summed E-state index contributed by atoms with van der Waals surface area (Å²) in [5, 5.41) is 0. The highest BCUT2D eigenvalue weighted by Crippen LogP contribution is 2.20. The summed E-state index contributed by atoms with van der Waals surface area (Å²) >= 11 is 0. The summed E-state index contributed by atoms with van der Waals surface area (Å²) in [5.41, 5.74) is -0.177. The van der Waals surface area contributed by atoms with Gasteiger partial charge in [-0.15, -0.1) is 0 Å². The van der Waals surface area contributed by atoms with Crippen LogP contribution in [0.4, 0.5) is 19.0 Å². The summed E-state index contributed by atoms with van der Waals surface area (Å²) in [6, 6.07) is 1.42. The molecule has 21 heavy (non-hydrogen) atoms. The van der Waals surface area contributed by atoms with Crippen molar-refractivity contribution in [3.63, 3.8) is 0 Å². The SMILES string of the molecule is CC1CN(CC(F)(F)F)CCN(c2cc(=O)n(C)cn2)C1. The lowest BCUT2D eigenvalue weighted by molar-refractivity contribution is -0.146. The molecule has 2 heterocycles. The summed E-state index contributed by atoms with van der Waals surface area (Å²) < 4.78 is 38.9. The highest BCUT2D eigenvalue weighted by Gasteiger charge is 2.32. The van der Waals surface area contributed by atoms with Crippen molar-refractivity contribution in [2.24, 2.45) is 13.0 Å². The van der Waals surface area contributed by atoms with Crippen molar-refractivity contribution in [1.82, 2.24) is 14.5 Å². The summed E-state index contributed by atoms with van der Waals surface area (Å²) in [5.74, 6) is 0.597. The molecule has 0 radical (unpaired) electrons. The van der Waals surface area contributed by atoms with E-state index in [0.717, 1.165) is 0 Å². The van der Waals surface area contributed by atoms with Crippen LogP contribution in [0, 0.1) is 5.92 Å². The zero-order valence-electron chi connectivity index (χ0n) is 12.1. The molecule has 1 saturated heterocycles. The summed E-state index contributed by atoms with van der Waals surface area (Å²) in [6.45, 7) is 2.73. The first-order chi connectivity index (χ1) is 9.74. The zero-order chi connectivity index (χ0) is 15.6. The maximum absolute atomic E-state index is 12.5. The largest absolute Gasteiger partial charge is 0.401 e. The zero-order valence-corrected chi connectivity index (χ0v) is 12.1. The highest BCUT2D eigenvalue weighted by atomic mass is 19.4. The molecule has 0 aromatic carbocycles. The van der Waals surface area contributed by atoms with E-state index in [9.17, 15) is 18.0 Å². The number of rotatable bonds is 2. The van der Waals surface area contributed by atoms with Crippen LogP contribution in [0.25, 0.3) is 0 Å². The summed E-state index contributed by atoms with van der Waals surface area (Å²) in [7, 11) is 1.61. The molecule has 1 aromatic rings. The van der Waals surface area contributed by atoms with Crippen molar-refractivity contribution in [1.29, 1.82) is 0 Å². The minimum absolute atomic E-state index is 0.0701. The fourth-order valence-electron chi connectivity index (χ4n) is 2.55. The van der Waals surface area contributed by atoms with Crippen LogP contribution in [0.2, 0.25) is 0 Å². The average Bonchev–Trinajstić information content (AvgIpc) is 2.52. The molecule has 0 spiro atoms. The lowest BCUT2D eigenvalue weighted by Gasteiger charge is -2.23. The van der Waals surface area contributed by atoms with Crippen LogP contribution in [0.1, 0.15) is 6.92 Å². The number of hydrogen-bond acceptors (Lipinski definition) is 4. The Morgan fingerprint density at radius 2 is 2.05 bits per heavy atom. The van der Waals surface area contributed by atoms with Crippen LogP contribution in [-0.4, -0.2) is 53.4 Å². The van der Waals surface area contributed by atoms with Crippen LogP contribution in [-0.2, 0) is 7.05 Å². The number of aromatic nitrogens is 2. The number of anilines is 1. The summed E-state index contributed by atoms with van der Waals surface area (Å²) in [4.78, 5) is 19.1. The van der Waals surface area contributed by atoms with E-state index in [2.05, 4.69) is 4.98 Å². The van der Waals surface area contributed by atoms with Gasteiger partial charge in [0.2, 0.25) is 0 Å². The van der Waals surface area contributed by atoms with E-state index in [1.165, 1.54) is 21.9 Å². The smallest absolute Gasteiger partial charge is 0.355 e. The van der Waals surface area contributed by atoms with E-state index in [0.29, 0.717) is 32.0 Å². The van der Waals surface area contributed by atoms with Crippen molar-refractivity contribution in [3.8, 4) is 0 Å². The van der Waals surface area contributed by atoms with Gasteiger partial charge in [0.1, 0.15) is 5.82 Å². The topological polar surface area (TPSA) is 41.4 Å². The van der Waals surface area contributed by atoms with Gasteiger partial charge in [0.15, 0.2) is 0 Å². The third-order valence-electron chi connectivity index (χ3n) is 3.48. The standard InChI is InChI=1S/C13H19F3N4O/c1-10-6-19(8-13(14,15)16)3-4-20(7-10)11-5-12(21)18(2)9-17-11/h5,9-10H,3-4,6-8H2,1-2H3. The van der Waals surface area contributed by atoms with E-state index < -0.39 is 12.7 Å². The number of alkyl halides is 3. The first-order valence-electron chi connectivity index (χ1n) is 6.81. The van der Waals surface area contributed by atoms with E-state index >= 15 is 0 Å². The predicted octanol–water partition coefficient (Wildman–Crippen LogP) is 1.10. The molecule has 1 atom stereocenters. The second kappa shape index (κ2) is 6.05. The number of aryl methyl sites for hydroxylation is 1. The van der Waals surface area contributed by atoms with Gasteiger partial charge in [-0.25, -0.2) is 4.98 Å². The first-order valence-corrected chi connectivity index (χ1v) is 6.81. The molecule has 0 N–H and O–H groups in total. The fraction of sp³-hybridized carbons (Fsp3) is 0.692. The van der Waals surface area contributed by atoms with Gasteiger partial charge < -0.3 is 9.47 Å². The molecule has 0 bridgehead atoms. The van der Waals surface area contributed by atoms with Crippen molar-refractivity contribution in [3.05, 3.63) is 22.7 Å². The highest BCUT2D eigenvalue weighted by molar-refractivity contribution is 5.37. The molecule has 1 aliphatic rings. The molecule has 0 aliphatic carbocycles. The quantitative estimate of drug-likeness (QED) is 0.820. The van der Waals surface area contributed by atoms with Gasteiger partial charge in [0.05, 0.1) is 12.9 Å². The Morgan fingerprint density at radius 3 is 2.67 bits per heavy atom. The molecule has 1 fully saturated rings. The van der Waals surface area contributed by atoms with E-state index in [1.54, 1.807) is 7.05 Å². The Labute approximate surface area is 121 Å². The molecule has 0 saturated carbocycles. The van der Waals surface area contributed by atoms with Gasteiger partial charge in [0, 0.05) is 39.3 Å². The molecule has 5 nitrogen and oxygen atoms in total. The van der Waals surface area contributed by atoms with Crippen LogP contribution < -0.4 is 10.5 Å². The van der Waals surface area contributed by atoms with E-state index in [1.807, 2.05) is 11.8 Å². The molecule has 1 aliphatic heterocycles. The van der Waals surface area contributed by atoms with Gasteiger partial charge >= 0.3 is 6.18 Å². The van der Waals surface area contributed by atoms with Crippen LogP contribution in [0.5, 0.6) is 0 Å². The van der Waals surface area contributed by atoms with Gasteiger partial charge in [-0.05, 0) is 5.92 Å². The van der Waals surface area contributed by atoms with Crippen molar-refractivity contribution in [2.75, 3.05) is 37.6 Å². The second-order valence-corrected chi connectivity index (χ2v) is 5.60. The van der Waals surface area contributed by atoms with Crippen molar-refractivity contribution < 1.29 is 13.2 Å². The molecule has 1 aromatic heterocycles. The van der Waals surface area contributed by atoms with Crippen LogP contribution in [0.3, 0.4) is 0 Å². The molecular weight excluding hydrogens is 285 g/mol. The monoisotopic (exact) mass is 304 g/mol. The maximum atomic E-state index is 12.5. The molecule has 8 heteroatoms. The van der Waals surface area contributed by atoms with Crippen molar-refractivity contribution >= 4 is 5.82 Å².